The largest absolute Gasteiger partial charge is 0.385 e. The maximum absolute atomic E-state index is 3.62. The van der Waals surface area contributed by atoms with E-state index in [0.29, 0.717) is 0 Å². The topological polar surface area (TPSA) is 12.0 Å². The minimum Gasteiger partial charge on any atom is -0.385 e. The predicted molar refractivity (Wildman–Crippen MR) is 78.1 cm³/mol. The van der Waals surface area contributed by atoms with Gasteiger partial charge in [0.1, 0.15) is 0 Å². The maximum Gasteiger partial charge on any atom is 0.0405 e. The molecule has 0 unspecified atom stereocenters. The summed E-state index contributed by atoms with van der Waals surface area (Å²) in [6, 6.07) is 6.88. The summed E-state index contributed by atoms with van der Waals surface area (Å²) in [7, 11) is 0. The number of anilines is 1. The second kappa shape index (κ2) is 5.77. The molecule has 0 amide bonds. The maximum atomic E-state index is 3.62. The van der Waals surface area contributed by atoms with E-state index in [-0.39, 0.29) is 0 Å². The number of para-hydroxylation sites is 1. The summed E-state index contributed by atoms with van der Waals surface area (Å²) in [5.74, 6) is 0.998. The van der Waals surface area contributed by atoms with Gasteiger partial charge in [0.05, 0.1) is 0 Å². The van der Waals surface area contributed by atoms with E-state index in [1.54, 1.807) is 11.1 Å². The molecular weight excluding hydrogens is 218 g/mol. The second-order valence-electron chi connectivity index (χ2n) is 6.02. The highest BCUT2D eigenvalue weighted by molar-refractivity contribution is 5.59. The van der Waals surface area contributed by atoms with Crippen LogP contribution in [0.4, 0.5) is 5.69 Å². The van der Waals surface area contributed by atoms with Crippen molar-refractivity contribution >= 4 is 5.69 Å². The zero-order valence-electron chi connectivity index (χ0n) is 11.4. The zero-order valence-corrected chi connectivity index (χ0v) is 11.4. The van der Waals surface area contributed by atoms with Gasteiger partial charge in [0.25, 0.3) is 0 Å². The van der Waals surface area contributed by atoms with Crippen molar-refractivity contribution in [2.24, 2.45) is 5.92 Å². The molecule has 0 aromatic heterocycles. The lowest BCUT2D eigenvalue weighted by atomic mass is 9.84. The first-order valence-corrected chi connectivity index (χ1v) is 7.78. The van der Waals surface area contributed by atoms with E-state index >= 15 is 0 Å². The van der Waals surface area contributed by atoms with Gasteiger partial charge in [0.15, 0.2) is 0 Å². The van der Waals surface area contributed by atoms with Crippen LogP contribution in [-0.4, -0.2) is 6.54 Å². The number of hydrogen-bond acceptors (Lipinski definition) is 1. The number of aryl methyl sites for hydroxylation is 2. The monoisotopic (exact) mass is 243 g/mol. The van der Waals surface area contributed by atoms with Crippen LogP contribution in [-0.2, 0) is 12.8 Å². The molecule has 98 valence electrons. The van der Waals surface area contributed by atoms with Crippen molar-refractivity contribution in [2.45, 2.75) is 57.8 Å². The van der Waals surface area contributed by atoms with Gasteiger partial charge in [-0.1, -0.05) is 50.3 Å². The average molecular weight is 243 g/mol. The molecule has 1 heterocycles. The smallest absolute Gasteiger partial charge is 0.0405 e. The van der Waals surface area contributed by atoms with E-state index in [0.717, 1.165) is 12.5 Å². The number of fused-ring (bicyclic) bond motifs is 1. The minimum absolute atomic E-state index is 0.998. The van der Waals surface area contributed by atoms with Crippen LogP contribution >= 0.6 is 0 Å². The van der Waals surface area contributed by atoms with Crippen LogP contribution < -0.4 is 5.32 Å². The van der Waals surface area contributed by atoms with E-state index < -0.39 is 0 Å². The van der Waals surface area contributed by atoms with Crippen molar-refractivity contribution in [3.63, 3.8) is 0 Å². The summed E-state index contributed by atoms with van der Waals surface area (Å²) in [4.78, 5) is 0. The van der Waals surface area contributed by atoms with Crippen molar-refractivity contribution in [1.29, 1.82) is 0 Å². The van der Waals surface area contributed by atoms with Gasteiger partial charge in [-0.2, -0.15) is 0 Å². The number of benzene rings is 1. The molecule has 1 fully saturated rings. The van der Waals surface area contributed by atoms with Gasteiger partial charge in [-0.05, 0) is 42.7 Å². The molecule has 1 aliphatic heterocycles. The lowest BCUT2D eigenvalue weighted by Crippen LogP contribution is -2.14. The highest BCUT2D eigenvalue weighted by atomic mass is 14.9. The normalized spacial score (nSPS) is 20.2. The fourth-order valence-corrected chi connectivity index (χ4v) is 3.62. The van der Waals surface area contributed by atoms with Crippen molar-refractivity contribution in [2.75, 3.05) is 11.9 Å². The summed E-state index contributed by atoms with van der Waals surface area (Å²) in [6.07, 6.45) is 12.6. The van der Waals surface area contributed by atoms with Crippen LogP contribution in [0, 0.1) is 5.92 Å². The van der Waals surface area contributed by atoms with Crippen LogP contribution in [0.1, 0.15) is 56.1 Å². The summed E-state index contributed by atoms with van der Waals surface area (Å²) < 4.78 is 0. The fraction of sp³-hybridized carbons (Fsp3) is 0.647. The van der Waals surface area contributed by atoms with Gasteiger partial charge in [-0.3, -0.25) is 0 Å². The summed E-state index contributed by atoms with van der Waals surface area (Å²) >= 11 is 0. The third-order valence-electron chi connectivity index (χ3n) is 4.71. The Bertz CT molecular complexity index is 391. The first-order chi connectivity index (χ1) is 8.93. The molecule has 0 saturated heterocycles. The van der Waals surface area contributed by atoms with E-state index in [4.69, 9.17) is 0 Å². The molecule has 0 atom stereocenters. The summed E-state index contributed by atoms with van der Waals surface area (Å²) in [5, 5.41) is 3.62. The Balaban J connectivity index is 1.65. The molecule has 2 aliphatic rings. The Kier molecular flexibility index (Phi) is 3.87. The van der Waals surface area contributed by atoms with Crippen LogP contribution in [0.3, 0.4) is 0 Å². The second-order valence-corrected chi connectivity index (χ2v) is 6.02. The first kappa shape index (κ1) is 12.1. The minimum atomic E-state index is 0.998. The zero-order chi connectivity index (χ0) is 12.2. The van der Waals surface area contributed by atoms with E-state index in [2.05, 4.69) is 23.5 Å². The van der Waals surface area contributed by atoms with E-state index in [1.807, 2.05) is 0 Å². The Hall–Kier alpha value is -0.980. The Morgan fingerprint density at radius 2 is 1.94 bits per heavy atom. The van der Waals surface area contributed by atoms with Crippen LogP contribution in [0.15, 0.2) is 18.2 Å². The number of rotatable bonds is 3. The lowest BCUT2D eigenvalue weighted by molar-refractivity contribution is 0.339. The summed E-state index contributed by atoms with van der Waals surface area (Å²) in [5.41, 5.74) is 4.58. The molecule has 1 aromatic carbocycles. The van der Waals surface area contributed by atoms with Crippen molar-refractivity contribution < 1.29 is 0 Å². The highest BCUT2D eigenvalue weighted by Crippen LogP contribution is 2.31. The fourth-order valence-electron chi connectivity index (χ4n) is 3.62. The lowest BCUT2D eigenvalue weighted by Gasteiger charge is -2.24. The molecule has 18 heavy (non-hydrogen) atoms. The quantitative estimate of drug-likeness (QED) is 0.820. The van der Waals surface area contributed by atoms with Crippen molar-refractivity contribution in [3.05, 3.63) is 29.3 Å². The Morgan fingerprint density at radius 1 is 1.06 bits per heavy atom. The van der Waals surface area contributed by atoms with Gasteiger partial charge >= 0.3 is 0 Å². The third kappa shape index (κ3) is 2.71. The molecule has 1 nitrogen and oxygen atoms in total. The molecule has 0 radical (unpaired) electrons. The Morgan fingerprint density at radius 3 is 2.83 bits per heavy atom. The molecule has 0 bridgehead atoms. The van der Waals surface area contributed by atoms with Gasteiger partial charge in [-0.15, -0.1) is 0 Å². The van der Waals surface area contributed by atoms with E-state index in [9.17, 15) is 0 Å². The Labute approximate surface area is 111 Å². The molecule has 1 saturated carbocycles. The molecule has 1 aromatic rings. The van der Waals surface area contributed by atoms with Gasteiger partial charge in [0, 0.05) is 12.2 Å². The van der Waals surface area contributed by atoms with Gasteiger partial charge in [0.2, 0.25) is 0 Å². The highest BCUT2D eigenvalue weighted by Gasteiger charge is 2.16. The average Bonchev–Trinajstić information content (AvgIpc) is 2.46. The molecule has 1 heteroatoms. The van der Waals surface area contributed by atoms with Crippen molar-refractivity contribution in [1.82, 2.24) is 0 Å². The van der Waals surface area contributed by atoms with Crippen LogP contribution in [0.2, 0.25) is 0 Å². The summed E-state index contributed by atoms with van der Waals surface area (Å²) in [6.45, 7) is 1.16. The molecule has 1 aliphatic carbocycles. The number of hydrogen-bond donors (Lipinski definition) is 1. The number of nitrogens with one attached hydrogen (secondary N) is 1. The first-order valence-electron chi connectivity index (χ1n) is 7.78. The third-order valence-corrected chi connectivity index (χ3v) is 4.71. The van der Waals surface area contributed by atoms with Gasteiger partial charge < -0.3 is 5.32 Å². The van der Waals surface area contributed by atoms with Gasteiger partial charge in [-0.25, -0.2) is 0 Å². The van der Waals surface area contributed by atoms with Crippen LogP contribution in [0.5, 0.6) is 0 Å². The predicted octanol–water partition coefficient (Wildman–Crippen LogP) is 4.56. The SMILES string of the molecule is c1cc2c(c(CCC3CCCCC3)c1)NCCC2. The molecule has 3 rings (SSSR count). The standard InChI is InChI=1S/C17H25N/c1-2-6-14(7-3-1)11-12-16-9-4-8-15-10-5-13-18-17(15)16/h4,8-9,14,18H,1-3,5-7,10-13H2. The van der Waals surface area contributed by atoms with Crippen molar-refractivity contribution in [3.8, 4) is 0 Å². The molecule has 0 spiro atoms. The van der Waals surface area contributed by atoms with Crippen LogP contribution in [0.25, 0.3) is 0 Å². The van der Waals surface area contributed by atoms with E-state index in [1.165, 1.54) is 63.5 Å². The molecule has 1 N–H and O–H groups in total. The molecular formula is C17H25N.